The summed E-state index contributed by atoms with van der Waals surface area (Å²) in [6.07, 6.45) is 11.8. The molecule has 1 fully saturated rings. The third-order valence-electron chi connectivity index (χ3n) is 3.73. The van der Waals surface area contributed by atoms with Crippen molar-refractivity contribution in [2.75, 3.05) is 13.1 Å². The topological polar surface area (TPSA) is 62.3 Å². The first-order chi connectivity index (χ1) is 10.8. The van der Waals surface area contributed by atoms with Gasteiger partial charge >= 0.3 is 0 Å². The molecule has 2 amide bonds. The van der Waals surface area contributed by atoms with Gasteiger partial charge in [0.2, 0.25) is 11.8 Å². The van der Waals surface area contributed by atoms with Crippen LogP contribution in [0.1, 0.15) is 37.7 Å². The quantitative estimate of drug-likeness (QED) is 0.866. The van der Waals surface area contributed by atoms with E-state index < -0.39 is 0 Å². The minimum atomic E-state index is -0.260. The second-order valence-corrected chi connectivity index (χ2v) is 5.51. The van der Waals surface area contributed by atoms with Gasteiger partial charge in [0.25, 0.3) is 0 Å². The SMILES string of the molecule is O=C(C=CC(=O)N1CCCCCCC1)NCc1cccnc1. The zero-order valence-corrected chi connectivity index (χ0v) is 12.8. The molecular weight excluding hydrogens is 278 g/mol. The molecule has 118 valence electrons. The highest BCUT2D eigenvalue weighted by atomic mass is 16.2. The average molecular weight is 301 g/mol. The van der Waals surface area contributed by atoms with Crippen molar-refractivity contribution >= 4 is 11.8 Å². The number of amides is 2. The number of hydrogen-bond donors (Lipinski definition) is 1. The maximum atomic E-state index is 12.1. The van der Waals surface area contributed by atoms with E-state index in [1.54, 1.807) is 12.4 Å². The van der Waals surface area contributed by atoms with Crippen molar-refractivity contribution in [3.05, 3.63) is 42.2 Å². The zero-order chi connectivity index (χ0) is 15.6. The lowest BCUT2D eigenvalue weighted by molar-refractivity contribution is -0.126. The third-order valence-corrected chi connectivity index (χ3v) is 3.73. The highest BCUT2D eigenvalue weighted by Gasteiger charge is 2.12. The van der Waals surface area contributed by atoms with Crippen LogP contribution in [-0.2, 0) is 16.1 Å². The van der Waals surface area contributed by atoms with Crippen LogP contribution in [-0.4, -0.2) is 34.8 Å². The van der Waals surface area contributed by atoms with E-state index >= 15 is 0 Å². The molecular formula is C17H23N3O2. The predicted molar refractivity (Wildman–Crippen MR) is 84.9 cm³/mol. The van der Waals surface area contributed by atoms with Gasteiger partial charge in [-0.05, 0) is 24.5 Å². The molecule has 1 N–H and O–H groups in total. The summed E-state index contributed by atoms with van der Waals surface area (Å²) in [7, 11) is 0. The number of rotatable bonds is 4. The number of aromatic nitrogens is 1. The molecule has 1 aliphatic heterocycles. The molecule has 1 saturated heterocycles. The normalized spacial score (nSPS) is 16.1. The number of likely N-dealkylation sites (tertiary alicyclic amines) is 1. The molecule has 0 atom stereocenters. The van der Waals surface area contributed by atoms with E-state index in [1.165, 1.54) is 31.4 Å². The van der Waals surface area contributed by atoms with Gasteiger partial charge in [0, 0.05) is 44.2 Å². The standard InChI is InChI=1S/C17H23N3O2/c21-16(19-14-15-7-6-10-18-13-15)8-9-17(22)20-11-4-2-1-3-5-12-20/h6-10,13H,1-5,11-12,14H2,(H,19,21). The minimum Gasteiger partial charge on any atom is -0.348 e. The highest BCUT2D eigenvalue weighted by molar-refractivity contribution is 5.96. The van der Waals surface area contributed by atoms with Crippen LogP contribution in [0.15, 0.2) is 36.7 Å². The van der Waals surface area contributed by atoms with E-state index in [9.17, 15) is 9.59 Å². The molecule has 5 heteroatoms. The fourth-order valence-corrected chi connectivity index (χ4v) is 2.47. The summed E-state index contributed by atoms with van der Waals surface area (Å²) in [5.41, 5.74) is 0.930. The maximum absolute atomic E-state index is 12.1. The fourth-order valence-electron chi connectivity index (χ4n) is 2.47. The Balaban J connectivity index is 1.77. The largest absolute Gasteiger partial charge is 0.348 e. The van der Waals surface area contributed by atoms with Crippen LogP contribution in [0.3, 0.4) is 0 Å². The van der Waals surface area contributed by atoms with E-state index in [0.717, 1.165) is 31.5 Å². The Bertz CT molecular complexity index is 506. The Morgan fingerprint density at radius 2 is 1.86 bits per heavy atom. The molecule has 0 spiro atoms. The van der Waals surface area contributed by atoms with Gasteiger partial charge < -0.3 is 10.2 Å². The summed E-state index contributed by atoms with van der Waals surface area (Å²) in [6, 6.07) is 3.71. The second kappa shape index (κ2) is 8.97. The minimum absolute atomic E-state index is 0.0709. The molecule has 0 unspecified atom stereocenters. The summed E-state index contributed by atoms with van der Waals surface area (Å²) < 4.78 is 0. The lowest BCUT2D eigenvalue weighted by atomic mass is 10.1. The van der Waals surface area contributed by atoms with Gasteiger partial charge in [-0.3, -0.25) is 14.6 Å². The molecule has 0 radical (unpaired) electrons. The van der Waals surface area contributed by atoms with Gasteiger partial charge in [0.15, 0.2) is 0 Å². The third kappa shape index (κ3) is 5.68. The smallest absolute Gasteiger partial charge is 0.246 e. The second-order valence-electron chi connectivity index (χ2n) is 5.51. The van der Waals surface area contributed by atoms with Crippen molar-refractivity contribution in [1.29, 1.82) is 0 Å². The average Bonchev–Trinajstić information content (AvgIpc) is 2.51. The van der Waals surface area contributed by atoms with Crippen LogP contribution in [0.4, 0.5) is 0 Å². The summed E-state index contributed by atoms with van der Waals surface area (Å²) in [6.45, 7) is 2.00. The molecule has 0 aromatic carbocycles. The molecule has 1 aliphatic rings. The van der Waals surface area contributed by atoms with E-state index in [2.05, 4.69) is 10.3 Å². The first-order valence-electron chi connectivity index (χ1n) is 7.89. The van der Waals surface area contributed by atoms with Crippen LogP contribution in [0.2, 0.25) is 0 Å². The predicted octanol–water partition coefficient (Wildman–Crippen LogP) is 2.05. The van der Waals surface area contributed by atoms with Gasteiger partial charge in [0.05, 0.1) is 0 Å². The highest BCUT2D eigenvalue weighted by Crippen LogP contribution is 2.10. The van der Waals surface area contributed by atoms with Gasteiger partial charge in [-0.1, -0.05) is 25.3 Å². The van der Waals surface area contributed by atoms with Crippen molar-refractivity contribution in [3.8, 4) is 0 Å². The van der Waals surface area contributed by atoms with Crippen molar-refractivity contribution < 1.29 is 9.59 Å². The first kappa shape index (κ1) is 16.2. The lowest BCUT2D eigenvalue weighted by Gasteiger charge is -2.23. The van der Waals surface area contributed by atoms with Gasteiger partial charge in [-0.15, -0.1) is 0 Å². The number of nitrogens with zero attached hydrogens (tertiary/aromatic N) is 2. The molecule has 22 heavy (non-hydrogen) atoms. The molecule has 0 aliphatic carbocycles. The maximum Gasteiger partial charge on any atom is 0.246 e. The van der Waals surface area contributed by atoms with Crippen molar-refractivity contribution in [2.24, 2.45) is 0 Å². The van der Waals surface area contributed by atoms with E-state index in [1.807, 2.05) is 17.0 Å². The Morgan fingerprint density at radius 3 is 2.55 bits per heavy atom. The number of carbonyl (C=O) groups is 2. The van der Waals surface area contributed by atoms with Crippen molar-refractivity contribution in [2.45, 2.75) is 38.6 Å². The Hall–Kier alpha value is -2.17. The van der Waals surface area contributed by atoms with Crippen molar-refractivity contribution in [3.63, 3.8) is 0 Å². The van der Waals surface area contributed by atoms with E-state index in [0.29, 0.717) is 6.54 Å². The summed E-state index contributed by atoms with van der Waals surface area (Å²) in [5, 5.41) is 2.74. The van der Waals surface area contributed by atoms with Crippen LogP contribution in [0.5, 0.6) is 0 Å². The molecule has 2 heterocycles. The van der Waals surface area contributed by atoms with Gasteiger partial charge in [-0.25, -0.2) is 0 Å². The first-order valence-corrected chi connectivity index (χ1v) is 7.89. The molecule has 1 aromatic heterocycles. The van der Waals surface area contributed by atoms with Crippen LogP contribution in [0.25, 0.3) is 0 Å². The molecule has 0 bridgehead atoms. The van der Waals surface area contributed by atoms with Crippen LogP contribution < -0.4 is 5.32 Å². The van der Waals surface area contributed by atoms with E-state index in [4.69, 9.17) is 0 Å². The summed E-state index contributed by atoms with van der Waals surface area (Å²) >= 11 is 0. The molecule has 5 nitrogen and oxygen atoms in total. The fraction of sp³-hybridized carbons (Fsp3) is 0.471. The Labute approximate surface area is 131 Å². The Kier molecular flexibility index (Phi) is 6.61. The lowest BCUT2D eigenvalue weighted by Crippen LogP contribution is -2.32. The number of nitrogens with one attached hydrogen (secondary N) is 1. The molecule has 2 rings (SSSR count). The van der Waals surface area contributed by atoms with Crippen molar-refractivity contribution in [1.82, 2.24) is 15.2 Å². The van der Waals surface area contributed by atoms with Gasteiger partial charge in [0.1, 0.15) is 0 Å². The van der Waals surface area contributed by atoms with Gasteiger partial charge in [-0.2, -0.15) is 0 Å². The number of pyridine rings is 1. The number of carbonyl (C=O) groups excluding carboxylic acids is 2. The summed E-state index contributed by atoms with van der Waals surface area (Å²) in [5.74, 6) is -0.331. The van der Waals surface area contributed by atoms with Crippen LogP contribution >= 0.6 is 0 Å². The summed E-state index contributed by atoms with van der Waals surface area (Å²) in [4.78, 5) is 29.7. The van der Waals surface area contributed by atoms with E-state index in [-0.39, 0.29) is 11.8 Å². The zero-order valence-electron chi connectivity index (χ0n) is 12.8. The Morgan fingerprint density at radius 1 is 1.14 bits per heavy atom. The molecule has 0 saturated carbocycles. The monoisotopic (exact) mass is 301 g/mol. The number of hydrogen-bond acceptors (Lipinski definition) is 3. The molecule has 1 aromatic rings. The van der Waals surface area contributed by atoms with Crippen LogP contribution in [0, 0.1) is 0 Å².